The standard InChI is InChI=1S/C13H18N4O/c1-13(5-7-14-8-6-13)12-15-9-3-4-10(18-2)16-11(9)17-12/h3-4,14H,5-8H2,1-2H3,(H,15,16,17). The van der Waals surface area contributed by atoms with Crippen LogP contribution in [0.5, 0.6) is 5.88 Å². The van der Waals surface area contributed by atoms with Crippen LogP contribution < -0.4 is 10.1 Å². The zero-order chi connectivity index (χ0) is 12.6. The van der Waals surface area contributed by atoms with Crippen molar-refractivity contribution in [1.82, 2.24) is 20.3 Å². The molecule has 5 nitrogen and oxygen atoms in total. The van der Waals surface area contributed by atoms with Crippen molar-refractivity contribution in [2.45, 2.75) is 25.2 Å². The topological polar surface area (TPSA) is 62.8 Å². The van der Waals surface area contributed by atoms with Crippen molar-refractivity contribution < 1.29 is 4.74 Å². The van der Waals surface area contributed by atoms with Gasteiger partial charge in [-0.25, -0.2) is 4.98 Å². The minimum absolute atomic E-state index is 0.124. The lowest BCUT2D eigenvalue weighted by Crippen LogP contribution is -2.38. The number of nitrogens with one attached hydrogen (secondary N) is 2. The molecular formula is C13H18N4O. The van der Waals surface area contributed by atoms with Crippen LogP contribution in [0.4, 0.5) is 0 Å². The van der Waals surface area contributed by atoms with E-state index < -0.39 is 0 Å². The van der Waals surface area contributed by atoms with Crippen molar-refractivity contribution >= 4 is 11.2 Å². The molecule has 1 aliphatic rings. The quantitative estimate of drug-likeness (QED) is 0.845. The molecule has 0 bridgehead atoms. The molecule has 0 amide bonds. The normalized spacial score (nSPS) is 19.0. The molecule has 0 spiro atoms. The van der Waals surface area contributed by atoms with E-state index in [1.807, 2.05) is 12.1 Å². The second-order valence-electron chi connectivity index (χ2n) is 5.12. The van der Waals surface area contributed by atoms with Crippen molar-refractivity contribution in [2.24, 2.45) is 0 Å². The first-order valence-electron chi connectivity index (χ1n) is 6.33. The number of rotatable bonds is 2. The molecular weight excluding hydrogens is 228 g/mol. The number of imidazole rings is 1. The molecule has 1 aliphatic heterocycles. The van der Waals surface area contributed by atoms with Crippen LogP contribution in [0.3, 0.4) is 0 Å². The van der Waals surface area contributed by atoms with E-state index in [4.69, 9.17) is 4.74 Å². The molecule has 0 radical (unpaired) electrons. The average Bonchev–Trinajstić information content (AvgIpc) is 2.83. The first-order chi connectivity index (χ1) is 8.71. The smallest absolute Gasteiger partial charge is 0.215 e. The monoisotopic (exact) mass is 246 g/mol. The van der Waals surface area contributed by atoms with Crippen molar-refractivity contribution in [3.8, 4) is 5.88 Å². The largest absolute Gasteiger partial charge is 0.481 e. The first kappa shape index (κ1) is 11.5. The number of piperidine rings is 1. The molecule has 0 aromatic carbocycles. The highest BCUT2D eigenvalue weighted by molar-refractivity contribution is 5.71. The predicted octanol–water partition coefficient (Wildman–Crippen LogP) is 1.61. The fraction of sp³-hybridized carbons (Fsp3) is 0.538. The third kappa shape index (κ3) is 1.84. The number of aromatic amines is 1. The number of ether oxygens (including phenoxy) is 1. The molecule has 3 heterocycles. The van der Waals surface area contributed by atoms with Gasteiger partial charge in [0.25, 0.3) is 0 Å². The number of H-pyrrole nitrogens is 1. The highest BCUT2D eigenvalue weighted by Gasteiger charge is 2.31. The maximum absolute atomic E-state index is 5.13. The predicted molar refractivity (Wildman–Crippen MR) is 69.9 cm³/mol. The van der Waals surface area contributed by atoms with Gasteiger partial charge < -0.3 is 15.0 Å². The molecule has 2 N–H and O–H groups in total. The number of methoxy groups -OCH3 is 1. The SMILES string of the molecule is COc1ccc2[nH]c(C3(C)CCNCC3)nc2n1. The summed E-state index contributed by atoms with van der Waals surface area (Å²) in [6, 6.07) is 3.83. The molecule has 2 aromatic heterocycles. The number of pyridine rings is 1. The van der Waals surface area contributed by atoms with Gasteiger partial charge in [-0.2, -0.15) is 4.98 Å². The van der Waals surface area contributed by atoms with E-state index in [-0.39, 0.29) is 5.41 Å². The summed E-state index contributed by atoms with van der Waals surface area (Å²) in [6.45, 7) is 4.36. The van der Waals surface area contributed by atoms with Gasteiger partial charge in [-0.1, -0.05) is 6.92 Å². The van der Waals surface area contributed by atoms with Crippen molar-refractivity contribution in [3.63, 3.8) is 0 Å². The fourth-order valence-electron chi connectivity index (χ4n) is 2.49. The lowest BCUT2D eigenvalue weighted by Gasteiger charge is -2.31. The second-order valence-corrected chi connectivity index (χ2v) is 5.12. The van der Waals surface area contributed by atoms with Crippen molar-refractivity contribution in [1.29, 1.82) is 0 Å². The Labute approximate surface area is 106 Å². The Hall–Kier alpha value is -1.62. The Morgan fingerprint density at radius 1 is 1.22 bits per heavy atom. The summed E-state index contributed by atoms with van der Waals surface area (Å²) in [7, 11) is 1.62. The van der Waals surface area contributed by atoms with Crippen molar-refractivity contribution in [3.05, 3.63) is 18.0 Å². The maximum Gasteiger partial charge on any atom is 0.215 e. The van der Waals surface area contributed by atoms with Gasteiger partial charge in [0.1, 0.15) is 5.82 Å². The third-order valence-corrected chi connectivity index (χ3v) is 3.81. The number of fused-ring (bicyclic) bond motifs is 1. The van der Waals surface area contributed by atoms with E-state index in [1.165, 1.54) is 0 Å². The zero-order valence-corrected chi connectivity index (χ0v) is 10.8. The van der Waals surface area contributed by atoms with Gasteiger partial charge in [0.15, 0.2) is 5.65 Å². The summed E-state index contributed by atoms with van der Waals surface area (Å²) in [5.74, 6) is 1.65. The van der Waals surface area contributed by atoms with Crippen LogP contribution in [-0.4, -0.2) is 35.2 Å². The number of hydrogen-bond donors (Lipinski definition) is 2. The van der Waals surface area contributed by atoms with Gasteiger partial charge in [0, 0.05) is 11.5 Å². The summed E-state index contributed by atoms with van der Waals surface area (Å²) in [4.78, 5) is 12.4. The van der Waals surface area contributed by atoms with Gasteiger partial charge in [0.2, 0.25) is 5.88 Å². The molecule has 0 atom stereocenters. The fourth-order valence-corrected chi connectivity index (χ4v) is 2.49. The van der Waals surface area contributed by atoms with E-state index in [0.29, 0.717) is 5.88 Å². The van der Waals surface area contributed by atoms with Gasteiger partial charge in [-0.05, 0) is 32.0 Å². The van der Waals surface area contributed by atoms with Crippen LogP contribution in [0, 0.1) is 0 Å². The van der Waals surface area contributed by atoms with Gasteiger partial charge in [-0.3, -0.25) is 0 Å². The molecule has 1 saturated heterocycles. The Kier molecular flexibility index (Phi) is 2.70. The van der Waals surface area contributed by atoms with E-state index in [1.54, 1.807) is 7.11 Å². The van der Waals surface area contributed by atoms with Crippen molar-refractivity contribution in [2.75, 3.05) is 20.2 Å². The number of hydrogen-bond acceptors (Lipinski definition) is 4. The molecule has 2 aromatic rings. The molecule has 96 valence electrons. The molecule has 0 saturated carbocycles. The minimum Gasteiger partial charge on any atom is -0.481 e. The summed E-state index contributed by atoms with van der Waals surface area (Å²) < 4.78 is 5.13. The van der Waals surface area contributed by atoms with Crippen LogP contribution in [0.1, 0.15) is 25.6 Å². The van der Waals surface area contributed by atoms with Crippen LogP contribution in [0.15, 0.2) is 12.1 Å². The van der Waals surface area contributed by atoms with E-state index in [0.717, 1.165) is 42.9 Å². The summed E-state index contributed by atoms with van der Waals surface area (Å²) in [6.07, 6.45) is 2.20. The Morgan fingerprint density at radius 3 is 2.72 bits per heavy atom. The zero-order valence-electron chi connectivity index (χ0n) is 10.8. The molecule has 0 aliphatic carbocycles. The van der Waals surface area contributed by atoms with Crippen LogP contribution in [-0.2, 0) is 5.41 Å². The van der Waals surface area contributed by atoms with Crippen LogP contribution in [0.25, 0.3) is 11.2 Å². The maximum atomic E-state index is 5.13. The highest BCUT2D eigenvalue weighted by Crippen LogP contribution is 2.31. The third-order valence-electron chi connectivity index (χ3n) is 3.81. The molecule has 5 heteroatoms. The van der Waals surface area contributed by atoms with Gasteiger partial charge in [0.05, 0.1) is 12.6 Å². The molecule has 18 heavy (non-hydrogen) atoms. The summed E-state index contributed by atoms with van der Waals surface area (Å²) in [5, 5.41) is 3.38. The highest BCUT2D eigenvalue weighted by atomic mass is 16.5. The van der Waals surface area contributed by atoms with Gasteiger partial charge in [-0.15, -0.1) is 0 Å². The molecule has 0 unspecified atom stereocenters. The van der Waals surface area contributed by atoms with Crippen LogP contribution >= 0.6 is 0 Å². The first-order valence-corrected chi connectivity index (χ1v) is 6.33. The van der Waals surface area contributed by atoms with Crippen LogP contribution in [0.2, 0.25) is 0 Å². The minimum atomic E-state index is 0.124. The second kappa shape index (κ2) is 4.24. The lowest BCUT2D eigenvalue weighted by molar-refractivity contribution is 0.321. The van der Waals surface area contributed by atoms with Gasteiger partial charge >= 0.3 is 0 Å². The van der Waals surface area contributed by atoms with E-state index in [9.17, 15) is 0 Å². The lowest BCUT2D eigenvalue weighted by atomic mass is 9.80. The van der Waals surface area contributed by atoms with E-state index in [2.05, 4.69) is 27.2 Å². The van der Waals surface area contributed by atoms with E-state index >= 15 is 0 Å². The Bertz CT molecular complexity index is 557. The number of aromatic nitrogens is 3. The molecule has 3 rings (SSSR count). The number of nitrogens with zero attached hydrogens (tertiary/aromatic N) is 2. The summed E-state index contributed by atoms with van der Waals surface area (Å²) >= 11 is 0. The average molecular weight is 246 g/mol. The Morgan fingerprint density at radius 2 is 2.00 bits per heavy atom. The Balaban J connectivity index is 2.02. The summed E-state index contributed by atoms with van der Waals surface area (Å²) in [5.41, 5.74) is 1.84. The molecule has 1 fully saturated rings.